The molecule has 0 aliphatic carbocycles. The summed E-state index contributed by atoms with van der Waals surface area (Å²) in [5.74, 6) is 0.352. The molecule has 10 heteroatoms. The molecule has 0 atom stereocenters. The van der Waals surface area contributed by atoms with Gasteiger partial charge < -0.3 is 14.8 Å². The number of aromatic nitrogens is 5. The smallest absolute Gasteiger partial charge is 0.343 e. The van der Waals surface area contributed by atoms with Gasteiger partial charge in [0.15, 0.2) is 18.1 Å². The molecule has 39 heavy (non-hydrogen) atoms. The third-order valence-electron chi connectivity index (χ3n) is 6.10. The number of benzene rings is 2. The average molecular weight is 525 g/mol. The van der Waals surface area contributed by atoms with Crippen LogP contribution in [0.15, 0.2) is 79.3 Å². The number of fused-ring (bicyclic) bond motifs is 1. The van der Waals surface area contributed by atoms with Crippen LogP contribution in [0.1, 0.15) is 53.1 Å². The molecule has 0 aliphatic heterocycles. The topological polar surface area (TPSA) is 113 Å². The summed E-state index contributed by atoms with van der Waals surface area (Å²) in [6, 6.07) is 18.7. The molecule has 0 bridgehead atoms. The second-order valence-electron chi connectivity index (χ2n) is 9.12. The van der Waals surface area contributed by atoms with Gasteiger partial charge in [0.2, 0.25) is 0 Å². The Kier molecular flexibility index (Phi) is 7.35. The lowest BCUT2D eigenvalue weighted by Gasteiger charge is -2.09. The molecule has 10 nitrogen and oxygen atoms in total. The van der Waals surface area contributed by atoms with Crippen LogP contribution in [0.2, 0.25) is 0 Å². The number of hydrogen-bond donors (Lipinski definition) is 1. The minimum atomic E-state index is -0.480. The van der Waals surface area contributed by atoms with Crippen LogP contribution in [0.4, 0.5) is 5.69 Å². The van der Waals surface area contributed by atoms with Crippen LogP contribution in [-0.4, -0.2) is 42.9 Å². The van der Waals surface area contributed by atoms with Gasteiger partial charge >= 0.3 is 5.97 Å². The van der Waals surface area contributed by atoms with Gasteiger partial charge in [0.05, 0.1) is 18.5 Å². The Balaban J connectivity index is 1.27. The summed E-state index contributed by atoms with van der Waals surface area (Å²) < 4.78 is 14.0. The van der Waals surface area contributed by atoms with Crippen molar-refractivity contribution in [2.45, 2.75) is 33.4 Å². The Labute approximate surface area is 225 Å². The van der Waals surface area contributed by atoms with Crippen molar-refractivity contribution in [3.05, 3.63) is 96.1 Å². The summed E-state index contributed by atoms with van der Waals surface area (Å²) in [5.41, 5.74) is 4.24. The van der Waals surface area contributed by atoms with E-state index >= 15 is 0 Å². The number of nitrogens with zero attached hydrogens (tertiary/aromatic N) is 5. The van der Waals surface area contributed by atoms with E-state index in [-0.39, 0.29) is 30.5 Å². The maximum Gasteiger partial charge on any atom is 0.343 e. The molecule has 3 aromatic heterocycles. The number of rotatable bonds is 9. The maximum atomic E-state index is 12.9. The lowest BCUT2D eigenvalue weighted by molar-refractivity contribution is 0.0528. The van der Waals surface area contributed by atoms with Crippen molar-refractivity contribution in [1.29, 1.82) is 0 Å². The first-order valence-electron chi connectivity index (χ1n) is 12.6. The van der Waals surface area contributed by atoms with Gasteiger partial charge in [0, 0.05) is 23.6 Å². The monoisotopic (exact) mass is 524 g/mol. The SMILES string of the molecule is CCOC(=O)c1cnn2c(-c3cccc(NC(=O)c4ccn(COc5ccc(C(C)C)cc5)n4)c3)ccnc12. The van der Waals surface area contributed by atoms with Gasteiger partial charge in [-0.1, -0.05) is 38.1 Å². The molecule has 0 saturated carbocycles. The fraction of sp³-hybridized carbons (Fsp3) is 0.207. The van der Waals surface area contributed by atoms with E-state index in [1.54, 1.807) is 46.7 Å². The molecule has 5 aromatic rings. The van der Waals surface area contributed by atoms with Gasteiger partial charge in [-0.2, -0.15) is 10.2 Å². The highest BCUT2D eigenvalue weighted by molar-refractivity contribution is 6.03. The first kappa shape index (κ1) is 25.7. The molecule has 0 fully saturated rings. The molecule has 0 unspecified atom stereocenters. The number of hydrogen-bond acceptors (Lipinski definition) is 7. The van der Waals surface area contributed by atoms with Gasteiger partial charge in [-0.05, 0) is 54.8 Å². The van der Waals surface area contributed by atoms with E-state index in [1.807, 2.05) is 42.5 Å². The van der Waals surface area contributed by atoms with E-state index < -0.39 is 5.97 Å². The Morgan fingerprint density at radius 1 is 1.05 bits per heavy atom. The van der Waals surface area contributed by atoms with Gasteiger partial charge in [0.1, 0.15) is 11.3 Å². The Bertz CT molecular complexity index is 1620. The van der Waals surface area contributed by atoms with Crippen LogP contribution in [0.3, 0.4) is 0 Å². The normalized spacial score (nSPS) is 11.1. The van der Waals surface area contributed by atoms with Crippen LogP contribution < -0.4 is 10.1 Å². The number of amides is 1. The largest absolute Gasteiger partial charge is 0.471 e. The molecule has 1 N–H and O–H groups in total. The van der Waals surface area contributed by atoms with Crippen molar-refractivity contribution in [1.82, 2.24) is 24.4 Å². The summed E-state index contributed by atoms with van der Waals surface area (Å²) in [7, 11) is 0. The fourth-order valence-electron chi connectivity index (χ4n) is 4.06. The van der Waals surface area contributed by atoms with Gasteiger partial charge in [-0.25, -0.2) is 19.0 Å². The van der Waals surface area contributed by atoms with Gasteiger partial charge in [-0.3, -0.25) is 4.79 Å². The predicted octanol–water partition coefficient (Wildman–Crippen LogP) is 5.18. The third kappa shape index (κ3) is 5.64. The Morgan fingerprint density at radius 3 is 2.64 bits per heavy atom. The molecule has 0 spiro atoms. The second-order valence-corrected chi connectivity index (χ2v) is 9.12. The number of nitrogens with one attached hydrogen (secondary N) is 1. The molecule has 5 rings (SSSR count). The predicted molar refractivity (Wildman–Crippen MR) is 146 cm³/mol. The van der Waals surface area contributed by atoms with E-state index in [0.29, 0.717) is 22.9 Å². The molecule has 198 valence electrons. The van der Waals surface area contributed by atoms with Crippen LogP contribution in [0.25, 0.3) is 16.9 Å². The van der Waals surface area contributed by atoms with E-state index in [9.17, 15) is 9.59 Å². The maximum absolute atomic E-state index is 12.9. The van der Waals surface area contributed by atoms with Gasteiger partial charge in [0.25, 0.3) is 5.91 Å². The van der Waals surface area contributed by atoms with Crippen LogP contribution >= 0.6 is 0 Å². The summed E-state index contributed by atoms with van der Waals surface area (Å²) in [4.78, 5) is 29.4. The number of carbonyl (C=O) groups excluding carboxylic acids is 2. The zero-order valence-electron chi connectivity index (χ0n) is 21.9. The first-order valence-corrected chi connectivity index (χ1v) is 12.6. The number of ether oxygens (including phenoxy) is 2. The fourth-order valence-corrected chi connectivity index (χ4v) is 4.06. The van der Waals surface area contributed by atoms with Crippen molar-refractivity contribution in [2.75, 3.05) is 11.9 Å². The number of carbonyl (C=O) groups is 2. The molecule has 3 heterocycles. The van der Waals surface area contributed by atoms with Crippen molar-refractivity contribution in [3.63, 3.8) is 0 Å². The van der Waals surface area contributed by atoms with Crippen molar-refractivity contribution >= 4 is 23.2 Å². The summed E-state index contributed by atoms with van der Waals surface area (Å²) in [5, 5.41) is 11.6. The number of esters is 1. The quantitative estimate of drug-likeness (QED) is 0.264. The molecule has 0 radical (unpaired) electrons. The van der Waals surface area contributed by atoms with Gasteiger partial charge in [-0.15, -0.1) is 0 Å². The highest BCUT2D eigenvalue weighted by Gasteiger charge is 2.17. The van der Waals surface area contributed by atoms with Crippen molar-refractivity contribution < 1.29 is 19.1 Å². The molecule has 1 amide bonds. The number of anilines is 1. The Hall–Kier alpha value is -4.99. The molecule has 0 saturated heterocycles. The first-order chi connectivity index (χ1) is 18.9. The average Bonchev–Trinajstić information content (AvgIpc) is 3.60. The molecule has 2 aromatic carbocycles. The highest BCUT2D eigenvalue weighted by atomic mass is 16.5. The van der Waals surface area contributed by atoms with E-state index in [2.05, 4.69) is 34.3 Å². The summed E-state index contributed by atoms with van der Waals surface area (Å²) in [6.45, 7) is 6.47. The van der Waals surface area contributed by atoms with Crippen LogP contribution in [-0.2, 0) is 11.5 Å². The molecule has 0 aliphatic rings. The van der Waals surface area contributed by atoms with Crippen LogP contribution in [0, 0.1) is 0 Å². The zero-order chi connectivity index (χ0) is 27.4. The lowest BCUT2D eigenvalue weighted by atomic mass is 10.0. The van der Waals surface area contributed by atoms with Crippen molar-refractivity contribution in [3.8, 4) is 17.0 Å². The van der Waals surface area contributed by atoms with Crippen molar-refractivity contribution in [2.24, 2.45) is 0 Å². The zero-order valence-corrected chi connectivity index (χ0v) is 21.9. The lowest BCUT2D eigenvalue weighted by Crippen LogP contribution is -2.14. The Morgan fingerprint density at radius 2 is 1.87 bits per heavy atom. The summed E-state index contributed by atoms with van der Waals surface area (Å²) >= 11 is 0. The van der Waals surface area contributed by atoms with E-state index in [0.717, 1.165) is 11.3 Å². The van der Waals surface area contributed by atoms with E-state index in [4.69, 9.17) is 9.47 Å². The minimum Gasteiger partial charge on any atom is -0.471 e. The molecular weight excluding hydrogens is 496 g/mol. The standard InChI is InChI=1S/C29H28N6O4/c1-4-38-29(37)24-17-31-35-26(12-14-30-27(24)35)21-6-5-7-22(16-21)32-28(36)25-13-15-34(33-25)18-39-23-10-8-20(9-11-23)19(2)3/h5-17,19H,4,18H2,1-3H3,(H,32,36). The highest BCUT2D eigenvalue weighted by Crippen LogP contribution is 2.24. The van der Waals surface area contributed by atoms with Crippen LogP contribution in [0.5, 0.6) is 5.75 Å². The summed E-state index contributed by atoms with van der Waals surface area (Å²) in [6.07, 6.45) is 4.74. The minimum absolute atomic E-state index is 0.180. The third-order valence-corrected chi connectivity index (χ3v) is 6.10. The molecular formula is C29H28N6O4. The van der Waals surface area contributed by atoms with E-state index in [1.165, 1.54) is 11.8 Å². The second kappa shape index (κ2) is 11.2.